The zero-order valence-electron chi connectivity index (χ0n) is 15.5. The van der Waals surface area contributed by atoms with Gasteiger partial charge in [0.25, 0.3) is 0 Å². The first-order valence-corrected chi connectivity index (χ1v) is 10.9. The summed E-state index contributed by atoms with van der Waals surface area (Å²) in [4.78, 5) is 10.7. The molecule has 0 aromatic heterocycles. The predicted molar refractivity (Wildman–Crippen MR) is 105 cm³/mol. The van der Waals surface area contributed by atoms with Crippen molar-refractivity contribution in [1.82, 2.24) is 9.34 Å². The van der Waals surface area contributed by atoms with Gasteiger partial charge >= 0.3 is 13.4 Å². The minimum atomic E-state index is -3.19. The van der Waals surface area contributed by atoms with Gasteiger partial charge < -0.3 is 4.74 Å². The number of nitrogens with zero attached hydrogens (tertiary/aromatic N) is 3. The molecular weight excluding hydrogens is 424 g/mol. The van der Waals surface area contributed by atoms with Crippen molar-refractivity contribution in [3.05, 3.63) is 62.9 Å². The maximum Gasteiger partial charge on any atom is 0.346 e. The van der Waals surface area contributed by atoms with E-state index in [-0.39, 0.29) is 11.3 Å². The highest BCUT2D eigenvalue weighted by Gasteiger charge is 2.50. The van der Waals surface area contributed by atoms with Crippen LogP contribution in [0.4, 0.5) is 10.1 Å². The van der Waals surface area contributed by atoms with Crippen molar-refractivity contribution in [3.63, 3.8) is 0 Å². The third-order valence-electron chi connectivity index (χ3n) is 4.61. The van der Waals surface area contributed by atoms with Gasteiger partial charge in [-0.25, -0.2) is 13.7 Å². The predicted octanol–water partition coefficient (Wildman–Crippen LogP) is 5.00. The Morgan fingerprint density at radius 3 is 2.28 bits per heavy atom. The van der Waals surface area contributed by atoms with Crippen LogP contribution in [0.5, 0.6) is 11.5 Å². The van der Waals surface area contributed by atoms with Gasteiger partial charge in [0.1, 0.15) is 11.6 Å². The summed E-state index contributed by atoms with van der Waals surface area (Å²) in [5.74, 6) is -0.657. The zero-order valence-corrected chi connectivity index (χ0v) is 17.1. The second kappa shape index (κ2) is 7.66. The molecule has 4 rings (SSSR count). The van der Waals surface area contributed by atoms with Crippen molar-refractivity contribution in [2.24, 2.45) is 0 Å². The van der Waals surface area contributed by atoms with Crippen LogP contribution in [-0.4, -0.2) is 40.4 Å². The first-order valence-electron chi connectivity index (χ1n) is 8.98. The Labute approximate surface area is 171 Å². The fourth-order valence-corrected chi connectivity index (χ4v) is 5.36. The van der Waals surface area contributed by atoms with E-state index >= 15 is 0 Å². The van der Waals surface area contributed by atoms with Gasteiger partial charge in [0.15, 0.2) is 0 Å². The molecule has 1 atom stereocenters. The lowest BCUT2D eigenvalue weighted by Gasteiger charge is -2.24. The molecule has 0 radical (unpaired) electrons. The minimum Gasteiger partial charge on any atom is -0.450 e. The molecule has 154 valence electrons. The number of rotatable bonds is 8. The normalized spacial score (nSPS) is 17.8. The molecule has 0 spiro atoms. The number of hydrogen-bond donors (Lipinski definition) is 0. The number of benzene rings is 2. The second-order valence-electron chi connectivity index (χ2n) is 6.80. The van der Waals surface area contributed by atoms with Gasteiger partial charge in [-0.1, -0.05) is 11.6 Å². The van der Waals surface area contributed by atoms with Crippen LogP contribution in [0.15, 0.2) is 36.4 Å². The Morgan fingerprint density at radius 1 is 1.17 bits per heavy atom. The smallest absolute Gasteiger partial charge is 0.346 e. The largest absolute Gasteiger partial charge is 0.450 e. The third kappa shape index (κ3) is 4.29. The molecular formula is C18H18ClFN3O5P. The van der Waals surface area contributed by atoms with Gasteiger partial charge in [-0.05, 0) is 37.3 Å². The molecule has 2 heterocycles. The van der Waals surface area contributed by atoms with Gasteiger partial charge in [0.2, 0.25) is 5.75 Å². The Bertz CT molecular complexity index is 982. The van der Waals surface area contributed by atoms with E-state index < -0.39 is 30.2 Å². The standard InChI is InChI=1S/C18H18ClFN3O5P/c1-12(28-29(26,21-6-7-21)22-8-9-22)15-10-18(17(23(24)25)11-16(15)20)27-14-4-2-13(19)3-5-14/h2-5,10-12H,6-9H2,1H3. The number of hydrogen-bond acceptors (Lipinski definition) is 5. The minimum absolute atomic E-state index is 0.0310. The fourth-order valence-electron chi connectivity index (χ4n) is 2.89. The van der Waals surface area contributed by atoms with Gasteiger partial charge in [0.05, 0.1) is 17.1 Å². The summed E-state index contributed by atoms with van der Waals surface area (Å²) in [6.45, 7) is 4.21. The summed E-state index contributed by atoms with van der Waals surface area (Å²) in [7, 11) is -3.19. The Kier molecular flexibility index (Phi) is 5.35. The van der Waals surface area contributed by atoms with E-state index in [1.54, 1.807) is 40.5 Å². The highest BCUT2D eigenvalue weighted by atomic mass is 35.5. The van der Waals surface area contributed by atoms with Crippen LogP contribution >= 0.6 is 19.3 Å². The van der Waals surface area contributed by atoms with Crippen molar-refractivity contribution in [1.29, 1.82) is 0 Å². The molecule has 8 nitrogen and oxygen atoms in total. The number of nitro groups is 1. The van der Waals surface area contributed by atoms with E-state index in [0.717, 1.165) is 6.07 Å². The molecule has 0 saturated carbocycles. The Morgan fingerprint density at radius 2 is 1.76 bits per heavy atom. The van der Waals surface area contributed by atoms with Gasteiger partial charge in [-0.2, -0.15) is 0 Å². The number of halogens is 2. The molecule has 0 bridgehead atoms. The molecule has 2 aliphatic rings. The third-order valence-corrected chi connectivity index (χ3v) is 7.68. The summed E-state index contributed by atoms with van der Waals surface area (Å²) in [6, 6.07) is 8.25. The summed E-state index contributed by atoms with van der Waals surface area (Å²) in [5, 5.41) is 11.9. The maximum absolute atomic E-state index is 14.7. The molecule has 0 N–H and O–H groups in total. The lowest BCUT2D eigenvalue weighted by molar-refractivity contribution is -0.385. The molecule has 0 aliphatic carbocycles. The van der Waals surface area contributed by atoms with Crippen molar-refractivity contribution < 1.29 is 23.1 Å². The van der Waals surface area contributed by atoms with Crippen LogP contribution in [0.2, 0.25) is 5.02 Å². The molecule has 1 unspecified atom stereocenters. The van der Waals surface area contributed by atoms with Crippen LogP contribution in [0.3, 0.4) is 0 Å². The Balaban J connectivity index is 1.65. The lowest BCUT2D eigenvalue weighted by Crippen LogP contribution is -2.11. The first-order chi connectivity index (χ1) is 13.8. The first kappa shape index (κ1) is 20.3. The lowest BCUT2D eigenvalue weighted by atomic mass is 10.1. The molecule has 29 heavy (non-hydrogen) atoms. The number of ether oxygens (including phenoxy) is 1. The molecule has 2 aliphatic heterocycles. The van der Waals surface area contributed by atoms with Crippen molar-refractivity contribution in [2.75, 3.05) is 26.2 Å². The van der Waals surface area contributed by atoms with Crippen LogP contribution in [0.1, 0.15) is 18.6 Å². The van der Waals surface area contributed by atoms with Crippen molar-refractivity contribution in [3.8, 4) is 11.5 Å². The van der Waals surface area contributed by atoms with Crippen LogP contribution < -0.4 is 4.74 Å². The topological polar surface area (TPSA) is 84.7 Å². The molecule has 2 aromatic rings. The van der Waals surface area contributed by atoms with Crippen LogP contribution in [0.25, 0.3) is 0 Å². The van der Waals surface area contributed by atoms with Crippen molar-refractivity contribution >= 4 is 25.0 Å². The van der Waals surface area contributed by atoms with E-state index in [9.17, 15) is 19.1 Å². The highest BCUT2D eigenvalue weighted by Crippen LogP contribution is 2.63. The molecule has 11 heteroatoms. The van der Waals surface area contributed by atoms with Crippen molar-refractivity contribution in [2.45, 2.75) is 13.0 Å². The highest BCUT2D eigenvalue weighted by molar-refractivity contribution is 7.54. The number of nitro benzene ring substituents is 1. The van der Waals surface area contributed by atoms with E-state index in [4.69, 9.17) is 20.9 Å². The average molecular weight is 442 g/mol. The van der Waals surface area contributed by atoms with Crippen LogP contribution in [-0.2, 0) is 9.09 Å². The molecule has 2 fully saturated rings. The molecule has 0 amide bonds. The maximum atomic E-state index is 14.7. The van der Waals surface area contributed by atoms with E-state index in [0.29, 0.717) is 37.0 Å². The fraction of sp³-hybridized carbons (Fsp3) is 0.333. The quantitative estimate of drug-likeness (QED) is 0.247. The Hall–Kier alpha value is -2.03. The van der Waals surface area contributed by atoms with E-state index in [1.807, 2.05) is 0 Å². The summed E-state index contributed by atoms with van der Waals surface area (Å²) in [6.07, 6.45) is -0.893. The molecule has 2 aromatic carbocycles. The monoisotopic (exact) mass is 441 g/mol. The summed E-state index contributed by atoms with van der Waals surface area (Å²) in [5.41, 5.74) is -0.489. The van der Waals surface area contributed by atoms with Gasteiger partial charge in [0, 0.05) is 36.8 Å². The summed E-state index contributed by atoms with van der Waals surface area (Å²) < 4.78 is 42.7. The summed E-state index contributed by atoms with van der Waals surface area (Å²) >= 11 is 5.84. The van der Waals surface area contributed by atoms with E-state index in [2.05, 4.69) is 0 Å². The van der Waals surface area contributed by atoms with Crippen LogP contribution in [0, 0.1) is 15.9 Å². The average Bonchev–Trinajstić information content (AvgIpc) is 3.56. The SMILES string of the molecule is CC(OP(=O)(N1CC1)N1CC1)c1cc(Oc2ccc(Cl)cc2)c([N+](=O)[O-])cc1F. The van der Waals surface area contributed by atoms with E-state index in [1.165, 1.54) is 6.07 Å². The van der Waals surface area contributed by atoms with Gasteiger partial charge in [-0.3, -0.25) is 19.2 Å². The second-order valence-corrected chi connectivity index (χ2v) is 9.56. The van der Waals surface area contributed by atoms with Gasteiger partial charge in [-0.15, -0.1) is 0 Å². The molecule has 2 saturated heterocycles. The zero-order chi connectivity index (χ0) is 20.8.